The van der Waals surface area contributed by atoms with Gasteiger partial charge in [-0.1, -0.05) is 18.2 Å². The molecular weight excluding hydrogens is 391 g/mol. The lowest BCUT2D eigenvalue weighted by Crippen LogP contribution is -2.40. The summed E-state index contributed by atoms with van der Waals surface area (Å²) < 4.78 is 23.6. The van der Waals surface area contributed by atoms with E-state index >= 15 is 0 Å². The molecule has 0 spiro atoms. The van der Waals surface area contributed by atoms with E-state index in [1.54, 1.807) is 30.3 Å². The number of halogens is 1. The van der Waals surface area contributed by atoms with Gasteiger partial charge in [0.25, 0.3) is 5.91 Å². The minimum absolute atomic E-state index is 0.0837. The Balaban J connectivity index is 1.46. The van der Waals surface area contributed by atoms with Gasteiger partial charge in [0.2, 0.25) is 5.91 Å². The van der Waals surface area contributed by atoms with Gasteiger partial charge in [-0.2, -0.15) is 0 Å². The molecule has 0 saturated heterocycles. The van der Waals surface area contributed by atoms with Crippen LogP contribution in [-0.4, -0.2) is 48.9 Å². The van der Waals surface area contributed by atoms with Crippen molar-refractivity contribution in [1.29, 1.82) is 0 Å². The number of rotatable bonds is 9. The topological polar surface area (TPSA) is 84.9 Å². The zero-order valence-electron chi connectivity index (χ0n) is 16.6. The van der Waals surface area contributed by atoms with Crippen molar-refractivity contribution in [2.75, 3.05) is 20.2 Å². The SMILES string of the molecule is CN(CC(=O)NC1CC1)C(=O)COC(=O)c1cccc(OCc2ccc(F)cc2)c1. The van der Waals surface area contributed by atoms with Gasteiger partial charge in [-0.3, -0.25) is 9.59 Å². The average Bonchev–Trinajstić information content (AvgIpc) is 3.55. The van der Waals surface area contributed by atoms with Crippen molar-refractivity contribution in [3.63, 3.8) is 0 Å². The summed E-state index contributed by atoms with van der Waals surface area (Å²) in [6.45, 7) is -0.336. The fourth-order valence-corrected chi connectivity index (χ4v) is 2.59. The second-order valence-corrected chi connectivity index (χ2v) is 7.11. The highest BCUT2D eigenvalue weighted by atomic mass is 19.1. The van der Waals surface area contributed by atoms with Crippen LogP contribution in [0.1, 0.15) is 28.8 Å². The van der Waals surface area contributed by atoms with Gasteiger partial charge in [0, 0.05) is 13.1 Å². The summed E-state index contributed by atoms with van der Waals surface area (Å²) in [7, 11) is 1.48. The van der Waals surface area contributed by atoms with Crippen molar-refractivity contribution in [3.8, 4) is 5.75 Å². The second-order valence-electron chi connectivity index (χ2n) is 7.11. The Bertz CT molecular complexity index is 912. The van der Waals surface area contributed by atoms with E-state index in [1.165, 1.54) is 30.1 Å². The third-order valence-electron chi connectivity index (χ3n) is 4.46. The second kappa shape index (κ2) is 9.87. The quantitative estimate of drug-likeness (QED) is 0.637. The standard InChI is InChI=1S/C22H23FN2O5/c1-25(12-20(26)24-18-9-10-18)21(27)14-30-22(28)16-3-2-4-19(11-16)29-13-15-5-7-17(23)8-6-15/h2-8,11,18H,9-10,12-14H2,1H3,(H,24,26). The molecule has 2 aromatic carbocycles. The molecule has 0 aliphatic heterocycles. The molecule has 2 aromatic rings. The Hall–Kier alpha value is -3.42. The summed E-state index contributed by atoms with van der Waals surface area (Å²) in [4.78, 5) is 37.3. The number of hydrogen-bond donors (Lipinski definition) is 1. The predicted octanol–water partition coefficient (Wildman–Crippen LogP) is 2.30. The largest absolute Gasteiger partial charge is 0.489 e. The lowest BCUT2D eigenvalue weighted by molar-refractivity contribution is -0.137. The lowest BCUT2D eigenvalue weighted by atomic mass is 10.2. The van der Waals surface area contributed by atoms with Crippen molar-refractivity contribution < 1.29 is 28.2 Å². The first-order valence-corrected chi connectivity index (χ1v) is 9.58. The van der Waals surface area contributed by atoms with Crippen LogP contribution >= 0.6 is 0 Å². The van der Waals surface area contributed by atoms with E-state index < -0.39 is 18.5 Å². The number of carbonyl (C=O) groups is 3. The average molecular weight is 414 g/mol. The number of nitrogens with zero attached hydrogens (tertiary/aromatic N) is 1. The molecule has 1 N–H and O–H groups in total. The summed E-state index contributed by atoms with van der Waals surface area (Å²) in [5.74, 6) is -1.27. The monoisotopic (exact) mass is 414 g/mol. The number of ether oxygens (including phenoxy) is 2. The fraction of sp³-hybridized carbons (Fsp3) is 0.318. The summed E-state index contributed by atoms with van der Waals surface area (Å²) in [5.41, 5.74) is 1.01. The Morgan fingerprint density at radius 1 is 1.13 bits per heavy atom. The van der Waals surface area contributed by atoms with Gasteiger partial charge >= 0.3 is 5.97 Å². The van der Waals surface area contributed by atoms with Crippen LogP contribution < -0.4 is 10.1 Å². The number of likely N-dealkylation sites (N-methyl/N-ethyl adjacent to an activating group) is 1. The number of nitrogens with one attached hydrogen (secondary N) is 1. The molecule has 0 radical (unpaired) electrons. The van der Waals surface area contributed by atoms with Gasteiger partial charge in [0.05, 0.1) is 12.1 Å². The van der Waals surface area contributed by atoms with Crippen molar-refractivity contribution in [3.05, 3.63) is 65.5 Å². The molecule has 8 heteroatoms. The number of amides is 2. The third-order valence-corrected chi connectivity index (χ3v) is 4.46. The Labute approximate surface area is 173 Å². The van der Waals surface area contributed by atoms with E-state index in [-0.39, 0.29) is 36.5 Å². The van der Waals surface area contributed by atoms with Gasteiger partial charge in [0.1, 0.15) is 18.2 Å². The normalized spacial score (nSPS) is 12.7. The highest BCUT2D eigenvalue weighted by molar-refractivity contribution is 5.92. The van der Waals surface area contributed by atoms with Crippen LogP contribution in [0.4, 0.5) is 4.39 Å². The zero-order chi connectivity index (χ0) is 21.5. The van der Waals surface area contributed by atoms with Gasteiger partial charge in [0.15, 0.2) is 6.61 Å². The maximum Gasteiger partial charge on any atom is 0.338 e. The van der Waals surface area contributed by atoms with Gasteiger partial charge in [-0.25, -0.2) is 9.18 Å². The molecule has 30 heavy (non-hydrogen) atoms. The molecule has 2 amide bonds. The Kier molecular flexibility index (Phi) is 7.00. The van der Waals surface area contributed by atoms with Gasteiger partial charge < -0.3 is 19.7 Å². The van der Waals surface area contributed by atoms with E-state index in [1.807, 2.05) is 0 Å². The lowest BCUT2D eigenvalue weighted by Gasteiger charge is -2.16. The fourth-order valence-electron chi connectivity index (χ4n) is 2.59. The van der Waals surface area contributed by atoms with E-state index in [9.17, 15) is 18.8 Å². The van der Waals surface area contributed by atoms with E-state index in [4.69, 9.17) is 9.47 Å². The number of hydrogen-bond acceptors (Lipinski definition) is 5. The summed E-state index contributed by atoms with van der Waals surface area (Å²) >= 11 is 0. The van der Waals surface area contributed by atoms with Crippen molar-refractivity contribution in [2.45, 2.75) is 25.5 Å². The van der Waals surface area contributed by atoms with E-state index in [0.29, 0.717) is 5.75 Å². The zero-order valence-corrected chi connectivity index (χ0v) is 16.6. The van der Waals surface area contributed by atoms with Crippen molar-refractivity contribution in [2.24, 2.45) is 0 Å². The molecule has 7 nitrogen and oxygen atoms in total. The summed E-state index contributed by atoms with van der Waals surface area (Å²) in [6.07, 6.45) is 1.93. The Morgan fingerprint density at radius 2 is 1.87 bits per heavy atom. The number of esters is 1. The molecule has 0 atom stereocenters. The van der Waals surface area contributed by atoms with Crippen LogP contribution in [0.2, 0.25) is 0 Å². The first-order chi connectivity index (χ1) is 14.4. The minimum Gasteiger partial charge on any atom is -0.489 e. The highest BCUT2D eigenvalue weighted by Crippen LogP contribution is 2.18. The van der Waals surface area contributed by atoms with Crippen LogP contribution in [0.15, 0.2) is 48.5 Å². The molecule has 158 valence electrons. The van der Waals surface area contributed by atoms with Gasteiger partial charge in [-0.05, 0) is 48.7 Å². The first kappa shape index (κ1) is 21.3. The van der Waals surface area contributed by atoms with Crippen LogP contribution in [0.25, 0.3) is 0 Å². The van der Waals surface area contributed by atoms with Crippen LogP contribution in [0.5, 0.6) is 5.75 Å². The summed E-state index contributed by atoms with van der Waals surface area (Å²) in [6, 6.07) is 12.5. The number of benzene rings is 2. The Morgan fingerprint density at radius 3 is 2.57 bits per heavy atom. The molecule has 0 aromatic heterocycles. The molecule has 1 aliphatic carbocycles. The van der Waals surface area contributed by atoms with Crippen LogP contribution in [-0.2, 0) is 20.9 Å². The third kappa shape index (κ3) is 6.58. The number of carbonyl (C=O) groups excluding carboxylic acids is 3. The molecule has 0 heterocycles. The maximum absolute atomic E-state index is 12.9. The molecule has 1 fully saturated rings. The summed E-state index contributed by atoms with van der Waals surface area (Å²) in [5, 5.41) is 2.79. The molecule has 0 bridgehead atoms. The molecule has 3 rings (SSSR count). The van der Waals surface area contributed by atoms with Crippen molar-refractivity contribution >= 4 is 17.8 Å². The van der Waals surface area contributed by atoms with Crippen molar-refractivity contribution in [1.82, 2.24) is 10.2 Å². The molecule has 1 aliphatic rings. The minimum atomic E-state index is -0.675. The van der Waals surface area contributed by atoms with Crippen LogP contribution in [0, 0.1) is 5.82 Å². The smallest absolute Gasteiger partial charge is 0.338 e. The van der Waals surface area contributed by atoms with E-state index in [0.717, 1.165) is 18.4 Å². The molecule has 0 unspecified atom stereocenters. The van der Waals surface area contributed by atoms with Crippen LogP contribution in [0.3, 0.4) is 0 Å². The predicted molar refractivity (Wildman–Crippen MR) is 106 cm³/mol. The first-order valence-electron chi connectivity index (χ1n) is 9.58. The highest BCUT2D eigenvalue weighted by Gasteiger charge is 2.24. The van der Waals surface area contributed by atoms with Gasteiger partial charge in [-0.15, -0.1) is 0 Å². The van der Waals surface area contributed by atoms with E-state index in [2.05, 4.69) is 5.32 Å². The molecular formula is C22H23FN2O5. The maximum atomic E-state index is 12.9. The molecule has 1 saturated carbocycles.